The van der Waals surface area contributed by atoms with Gasteiger partial charge in [0.1, 0.15) is 9.75 Å². The fourth-order valence-electron chi connectivity index (χ4n) is 1.63. The van der Waals surface area contributed by atoms with Gasteiger partial charge >= 0.3 is 5.97 Å². The fourth-order valence-corrected chi connectivity index (χ4v) is 2.58. The predicted molar refractivity (Wildman–Crippen MR) is 76.6 cm³/mol. The molecular weight excluding hydrogens is 355 g/mol. The number of ether oxygens (including phenoxy) is 1. The Kier molecular flexibility index (Phi) is 3.96. The second kappa shape index (κ2) is 5.08. The van der Waals surface area contributed by atoms with E-state index in [0.29, 0.717) is 12.0 Å². The number of carbonyl (C=O) groups excluding carboxylic acids is 2. The molecule has 0 aromatic heterocycles. The van der Waals surface area contributed by atoms with Crippen LogP contribution >= 0.6 is 39.1 Å². The molecule has 0 radical (unpaired) electrons. The van der Waals surface area contributed by atoms with Crippen LogP contribution in [0.5, 0.6) is 0 Å². The van der Waals surface area contributed by atoms with Crippen LogP contribution in [0, 0.1) is 5.41 Å². The summed E-state index contributed by atoms with van der Waals surface area (Å²) in [5, 5.41) is 0. The van der Waals surface area contributed by atoms with Crippen LogP contribution in [0.1, 0.15) is 23.7 Å². The zero-order valence-electron chi connectivity index (χ0n) is 10.1. The van der Waals surface area contributed by atoms with Crippen LogP contribution in [-0.2, 0) is 9.53 Å². The number of halogens is 3. The monoisotopic (exact) mass is 364 g/mol. The van der Waals surface area contributed by atoms with E-state index in [-0.39, 0.29) is 12.4 Å². The van der Waals surface area contributed by atoms with Crippen LogP contribution in [0.2, 0.25) is 0 Å². The number of rotatable bonds is 4. The highest BCUT2D eigenvalue weighted by Crippen LogP contribution is 2.64. The molecule has 0 aliphatic heterocycles. The number of benzene rings is 1. The van der Waals surface area contributed by atoms with E-state index in [1.807, 2.05) is 0 Å². The zero-order valence-corrected chi connectivity index (χ0v) is 13.2. The number of hydrogen-bond acceptors (Lipinski definition) is 3. The quantitative estimate of drug-likeness (QED) is 0.463. The highest BCUT2D eigenvalue weighted by atomic mass is 79.9. The minimum absolute atomic E-state index is 0.264. The minimum Gasteiger partial charge on any atom is -0.457 e. The second-order valence-corrected chi connectivity index (χ2v) is 7.12. The molecule has 1 fully saturated rings. The fraction of sp³-hybridized carbons (Fsp3) is 0.385. The van der Waals surface area contributed by atoms with E-state index in [1.165, 1.54) is 0 Å². The van der Waals surface area contributed by atoms with Crippen LogP contribution in [-0.4, -0.2) is 22.7 Å². The molecule has 1 aromatic carbocycles. The molecule has 1 saturated carbocycles. The lowest BCUT2D eigenvalue weighted by atomic mass is 10.1. The molecule has 1 aromatic rings. The van der Waals surface area contributed by atoms with Crippen LogP contribution in [0.25, 0.3) is 0 Å². The second-order valence-electron chi connectivity index (χ2n) is 4.72. The number of hydrogen-bond donors (Lipinski definition) is 0. The summed E-state index contributed by atoms with van der Waals surface area (Å²) < 4.78 is 4.78. The van der Waals surface area contributed by atoms with Crippen LogP contribution in [0.4, 0.5) is 0 Å². The third-order valence-electron chi connectivity index (χ3n) is 3.21. The molecule has 19 heavy (non-hydrogen) atoms. The van der Waals surface area contributed by atoms with Crippen molar-refractivity contribution in [1.82, 2.24) is 0 Å². The molecule has 0 spiro atoms. The lowest BCUT2D eigenvalue weighted by molar-refractivity contribution is -0.148. The molecule has 0 N–H and O–H groups in total. The van der Waals surface area contributed by atoms with E-state index in [1.54, 1.807) is 31.2 Å². The lowest BCUT2D eigenvalue weighted by Gasteiger charge is -2.11. The van der Waals surface area contributed by atoms with E-state index < -0.39 is 15.7 Å². The first-order chi connectivity index (χ1) is 8.76. The molecule has 1 aliphatic carbocycles. The van der Waals surface area contributed by atoms with Gasteiger partial charge in [-0.25, -0.2) is 0 Å². The topological polar surface area (TPSA) is 43.4 Å². The van der Waals surface area contributed by atoms with Gasteiger partial charge in [-0.05, 0) is 19.1 Å². The number of esters is 1. The summed E-state index contributed by atoms with van der Waals surface area (Å²) in [5.41, 5.74) is -0.421. The van der Waals surface area contributed by atoms with E-state index in [2.05, 4.69) is 15.9 Å². The molecule has 0 heterocycles. The smallest absolute Gasteiger partial charge is 0.315 e. The van der Waals surface area contributed by atoms with Crippen molar-refractivity contribution in [2.45, 2.75) is 17.7 Å². The number of alkyl halides is 2. The first-order valence-corrected chi connectivity index (χ1v) is 7.15. The van der Waals surface area contributed by atoms with E-state index in [9.17, 15) is 9.59 Å². The van der Waals surface area contributed by atoms with Crippen molar-refractivity contribution in [2.24, 2.45) is 5.41 Å². The van der Waals surface area contributed by atoms with Crippen molar-refractivity contribution in [3.05, 3.63) is 34.3 Å². The van der Waals surface area contributed by atoms with Gasteiger partial charge in [0.05, 0.1) is 0 Å². The predicted octanol–water partition coefficient (Wildman–Crippen LogP) is 3.76. The molecular formula is C13H11BrCl2O3. The Morgan fingerprint density at radius 2 is 1.84 bits per heavy atom. The van der Waals surface area contributed by atoms with Crippen molar-refractivity contribution in [2.75, 3.05) is 6.61 Å². The molecule has 2 rings (SSSR count). The SMILES string of the molecule is CC1(C(=O)OCC(=O)c2ccc(Br)cc2)CC1(Cl)Cl. The molecule has 0 amide bonds. The molecule has 3 nitrogen and oxygen atoms in total. The highest BCUT2D eigenvalue weighted by molar-refractivity contribution is 9.10. The van der Waals surface area contributed by atoms with Crippen molar-refractivity contribution in [1.29, 1.82) is 0 Å². The normalized spacial score (nSPS) is 23.8. The third-order valence-corrected chi connectivity index (χ3v) is 4.84. The summed E-state index contributed by atoms with van der Waals surface area (Å²) in [7, 11) is 0. The maximum atomic E-state index is 11.8. The third kappa shape index (κ3) is 2.96. The summed E-state index contributed by atoms with van der Waals surface area (Å²) in [6.07, 6.45) is 0.342. The van der Waals surface area contributed by atoms with Crippen molar-refractivity contribution in [3.8, 4) is 0 Å². The Balaban J connectivity index is 1.91. The van der Waals surface area contributed by atoms with Crippen LogP contribution < -0.4 is 0 Å². The first-order valence-electron chi connectivity index (χ1n) is 5.60. The Labute approximate surface area is 129 Å². The summed E-state index contributed by atoms with van der Waals surface area (Å²) in [4.78, 5) is 23.6. The van der Waals surface area contributed by atoms with E-state index in [4.69, 9.17) is 27.9 Å². The molecule has 1 atom stereocenters. The van der Waals surface area contributed by atoms with Crippen LogP contribution in [0.15, 0.2) is 28.7 Å². The van der Waals surface area contributed by atoms with E-state index in [0.717, 1.165) is 4.47 Å². The molecule has 0 saturated heterocycles. The highest BCUT2D eigenvalue weighted by Gasteiger charge is 2.69. The van der Waals surface area contributed by atoms with Crippen molar-refractivity contribution < 1.29 is 14.3 Å². The molecule has 0 bridgehead atoms. The van der Waals surface area contributed by atoms with Gasteiger partial charge in [0.15, 0.2) is 12.4 Å². The van der Waals surface area contributed by atoms with Gasteiger partial charge in [-0.2, -0.15) is 0 Å². The number of carbonyl (C=O) groups is 2. The average molecular weight is 366 g/mol. The Bertz CT molecular complexity index is 527. The first kappa shape index (κ1) is 14.8. The molecule has 1 unspecified atom stereocenters. The molecule has 6 heteroatoms. The molecule has 102 valence electrons. The maximum Gasteiger partial charge on any atom is 0.315 e. The standard InChI is InChI=1S/C13H11BrCl2O3/c1-12(7-13(12,15)16)11(18)19-6-10(17)8-2-4-9(14)5-3-8/h2-5H,6-7H2,1H3. The van der Waals surface area contributed by atoms with Gasteiger partial charge in [-0.15, -0.1) is 23.2 Å². The van der Waals surface area contributed by atoms with Crippen molar-refractivity contribution in [3.63, 3.8) is 0 Å². The van der Waals surface area contributed by atoms with E-state index >= 15 is 0 Å². The van der Waals surface area contributed by atoms with Crippen molar-refractivity contribution >= 4 is 50.9 Å². The van der Waals surface area contributed by atoms with Gasteiger partial charge in [0.25, 0.3) is 0 Å². The maximum absolute atomic E-state index is 11.8. The van der Waals surface area contributed by atoms with Gasteiger partial charge in [0, 0.05) is 16.5 Å². The summed E-state index contributed by atoms with van der Waals surface area (Å²) in [6.45, 7) is 1.32. The number of ketones is 1. The largest absolute Gasteiger partial charge is 0.457 e. The summed E-state index contributed by atoms with van der Waals surface area (Å²) >= 11 is 15.0. The number of Topliss-reactive ketones (excluding diaryl/α,β-unsaturated/α-hetero) is 1. The minimum atomic E-state index is -1.08. The lowest BCUT2D eigenvalue weighted by Crippen LogP contribution is -2.24. The van der Waals surface area contributed by atoms with Gasteiger partial charge in [0.2, 0.25) is 0 Å². The Morgan fingerprint density at radius 3 is 2.32 bits per heavy atom. The zero-order chi connectivity index (χ0) is 14.3. The summed E-state index contributed by atoms with van der Waals surface area (Å²) in [5.74, 6) is -0.803. The Hall–Kier alpha value is -0.580. The van der Waals surface area contributed by atoms with Gasteiger partial charge < -0.3 is 4.74 Å². The summed E-state index contributed by atoms with van der Waals surface area (Å²) in [6, 6.07) is 6.82. The van der Waals surface area contributed by atoms with Gasteiger partial charge in [-0.3, -0.25) is 9.59 Å². The molecule has 1 aliphatic rings. The van der Waals surface area contributed by atoms with Gasteiger partial charge in [-0.1, -0.05) is 28.1 Å². The Morgan fingerprint density at radius 1 is 1.32 bits per heavy atom. The average Bonchev–Trinajstić information content (AvgIpc) is 2.87. The van der Waals surface area contributed by atoms with Crippen LogP contribution in [0.3, 0.4) is 0 Å².